The van der Waals surface area contributed by atoms with Gasteiger partial charge in [-0.15, -0.1) is 0 Å². The van der Waals surface area contributed by atoms with Gasteiger partial charge in [-0.1, -0.05) is 6.92 Å². The summed E-state index contributed by atoms with van der Waals surface area (Å²) in [4.78, 5) is 9.99. The van der Waals surface area contributed by atoms with E-state index in [1.54, 1.807) is 6.20 Å². The fourth-order valence-corrected chi connectivity index (χ4v) is 1.75. The largest absolute Gasteiger partial charge is 0.395 e. The zero-order valence-electron chi connectivity index (χ0n) is 8.65. The molecule has 0 spiro atoms. The lowest BCUT2D eigenvalue weighted by atomic mass is 10.4. The monoisotopic (exact) mass is 274 g/mol. The summed E-state index contributed by atoms with van der Waals surface area (Å²) >= 11 is 3.37. The van der Waals surface area contributed by atoms with E-state index in [-0.39, 0.29) is 12.6 Å². The first-order valence-corrected chi connectivity index (χ1v) is 5.62. The zero-order chi connectivity index (χ0) is 11.3. The van der Waals surface area contributed by atoms with Crippen LogP contribution in [0, 0.1) is 0 Å². The lowest BCUT2D eigenvalue weighted by Crippen LogP contribution is -2.29. The van der Waals surface area contributed by atoms with Gasteiger partial charge in [0.25, 0.3) is 0 Å². The Labute approximate surface area is 97.5 Å². The first-order valence-electron chi connectivity index (χ1n) is 4.82. The molecule has 84 valence electrons. The number of halogens is 1. The van der Waals surface area contributed by atoms with Crippen molar-refractivity contribution in [3.05, 3.63) is 10.7 Å². The summed E-state index contributed by atoms with van der Waals surface area (Å²) in [7, 11) is 0. The molecule has 0 saturated carbocycles. The molecule has 0 atom stereocenters. The van der Waals surface area contributed by atoms with Crippen molar-refractivity contribution in [3.63, 3.8) is 0 Å². The lowest BCUT2D eigenvalue weighted by molar-refractivity contribution is 0.301. The Morgan fingerprint density at radius 3 is 2.87 bits per heavy atom. The molecule has 3 N–H and O–H groups in total. The number of nitrogens with zero attached hydrogens (tertiary/aromatic N) is 3. The van der Waals surface area contributed by atoms with Crippen LogP contribution < -0.4 is 10.6 Å². The van der Waals surface area contributed by atoms with Gasteiger partial charge in [0.1, 0.15) is 5.82 Å². The summed E-state index contributed by atoms with van der Waals surface area (Å²) in [5.74, 6) is 0.977. The molecule has 1 heterocycles. The molecule has 1 aromatic rings. The summed E-state index contributed by atoms with van der Waals surface area (Å²) < 4.78 is 0.790. The second-order valence-electron chi connectivity index (χ2n) is 3.11. The third-order valence-corrected chi connectivity index (χ3v) is 2.47. The van der Waals surface area contributed by atoms with Crippen molar-refractivity contribution >= 4 is 27.7 Å². The first-order chi connectivity index (χ1) is 7.19. The van der Waals surface area contributed by atoms with Crippen molar-refractivity contribution in [1.29, 1.82) is 0 Å². The van der Waals surface area contributed by atoms with Gasteiger partial charge in [0, 0.05) is 19.3 Å². The predicted octanol–water partition coefficient (Wildman–Crippen LogP) is 1.03. The highest BCUT2D eigenvalue weighted by molar-refractivity contribution is 9.10. The average molecular weight is 275 g/mol. The Morgan fingerprint density at radius 2 is 2.27 bits per heavy atom. The van der Waals surface area contributed by atoms with Gasteiger partial charge in [-0.3, -0.25) is 0 Å². The standard InChI is InChI=1S/C9H15BrN4O/c1-2-3-14(4-5-15)8-7(10)6-12-9(11)13-8/h6,15H,2-5H2,1H3,(H2,11,12,13). The van der Waals surface area contributed by atoms with E-state index in [1.807, 2.05) is 4.90 Å². The normalized spacial score (nSPS) is 10.3. The van der Waals surface area contributed by atoms with Crippen molar-refractivity contribution in [2.45, 2.75) is 13.3 Å². The molecule has 5 nitrogen and oxygen atoms in total. The number of nitrogens with two attached hydrogens (primary N) is 1. The molecule has 0 aliphatic heterocycles. The van der Waals surface area contributed by atoms with Gasteiger partial charge in [0.05, 0.1) is 11.1 Å². The van der Waals surface area contributed by atoms with Gasteiger partial charge in [-0.05, 0) is 22.4 Å². The van der Waals surface area contributed by atoms with Crippen LogP contribution in [0.2, 0.25) is 0 Å². The summed E-state index contributed by atoms with van der Waals surface area (Å²) in [6.07, 6.45) is 2.61. The molecule has 0 aliphatic rings. The van der Waals surface area contributed by atoms with E-state index < -0.39 is 0 Å². The van der Waals surface area contributed by atoms with Crippen molar-refractivity contribution in [2.24, 2.45) is 0 Å². The molecule has 0 radical (unpaired) electrons. The van der Waals surface area contributed by atoms with Gasteiger partial charge in [0.15, 0.2) is 0 Å². The van der Waals surface area contributed by atoms with E-state index in [1.165, 1.54) is 0 Å². The number of aliphatic hydroxyl groups is 1. The second kappa shape index (κ2) is 5.87. The zero-order valence-corrected chi connectivity index (χ0v) is 10.2. The van der Waals surface area contributed by atoms with Crippen LogP contribution in [-0.4, -0.2) is 34.8 Å². The molecular formula is C9H15BrN4O. The molecule has 0 unspecified atom stereocenters. The minimum absolute atomic E-state index is 0.0936. The Kier molecular flexibility index (Phi) is 4.77. The number of hydrogen-bond acceptors (Lipinski definition) is 5. The van der Waals surface area contributed by atoms with E-state index in [9.17, 15) is 0 Å². The Morgan fingerprint density at radius 1 is 1.53 bits per heavy atom. The predicted molar refractivity (Wildman–Crippen MR) is 63.7 cm³/mol. The minimum atomic E-state index is 0.0936. The molecule has 6 heteroatoms. The van der Waals surface area contributed by atoms with E-state index in [0.29, 0.717) is 6.54 Å². The number of aromatic nitrogens is 2. The first kappa shape index (κ1) is 12.2. The van der Waals surface area contributed by atoms with E-state index in [2.05, 4.69) is 32.8 Å². The molecule has 1 aromatic heterocycles. The van der Waals surface area contributed by atoms with Crippen LogP contribution in [0.4, 0.5) is 11.8 Å². The third-order valence-electron chi connectivity index (χ3n) is 1.91. The quantitative estimate of drug-likeness (QED) is 0.839. The highest BCUT2D eigenvalue weighted by Gasteiger charge is 2.11. The number of rotatable bonds is 5. The maximum absolute atomic E-state index is 8.95. The number of aliphatic hydroxyl groups excluding tert-OH is 1. The van der Waals surface area contributed by atoms with Crippen molar-refractivity contribution < 1.29 is 5.11 Å². The Bertz CT molecular complexity index is 315. The van der Waals surface area contributed by atoms with Crippen LogP contribution in [0.1, 0.15) is 13.3 Å². The van der Waals surface area contributed by atoms with E-state index in [4.69, 9.17) is 10.8 Å². The lowest BCUT2D eigenvalue weighted by Gasteiger charge is -2.23. The average Bonchev–Trinajstić information content (AvgIpc) is 2.21. The van der Waals surface area contributed by atoms with Crippen molar-refractivity contribution in [3.8, 4) is 0 Å². The molecule has 0 bridgehead atoms. The summed E-state index contributed by atoms with van der Waals surface area (Å²) in [5.41, 5.74) is 5.53. The van der Waals surface area contributed by atoms with Crippen LogP contribution in [0.25, 0.3) is 0 Å². The van der Waals surface area contributed by atoms with Crippen LogP contribution in [0.3, 0.4) is 0 Å². The molecule has 0 aliphatic carbocycles. The van der Waals surface area contributed by atoms with E-state index >= 15 is 0 Å². The van der Waals surface area contributed by atoms with Crippen LogP contribution in [0.5, 0.6) is 0 Å². The summed E-state index contributed by atoms with van der Waals surface area (Å²) in [6.45, 7) is 3.54. The van der Waals surface area contributed by atoms with Gasteiger partial charge in [0.2, 0.25) is 5.95 Å². The number of nitrogen functional groups attached to an aromatic ring is 1. The fourth-order valence-electron chi connectivity index (χ4n) is 1.31. The summed E-state index contributed by atoms with van der Waals surface area (Å²) in [6, 6.07) is 0. The highest BCUT2D eigenvalue weighted by Crippen LogP contribution is 2.23. The molecule has 0 fully saturated rings. The number of anilines is 2. The molecular weight excluding hydrogens is 260 g/mol. The summed E-state index contributed by atoms with van der Waals surface area (Å²) in [5, 5.41) is 8.95. The highest BCUT2D eigenvalue weighted by atomic mass is 79.9. The smallest absolute Gasteiger partial charge is 0.222 e. The van der Waals surface area contributed by atoms with Crippen molar-refractivity contribution in [2.75, 3.05) is 30.3 Å². The molecule has 0 amide bonds. The van der Waals surface area contributed by atoms with Gasteiger partial charge in [-0.2, -0.15) is 4.98 Å². The van der Waals surface area contributed by atoms with Crippen LogP contribution in [-0.2, 0) is 0 Å². The van der Waals surface area contributed by atoms with Gasteiger partial charge in [-0.25, -0.2) is 4.98 Å². The third kappa shape index (κ3) is 3.32. The number of hydrogen-bond donors (Lipinski definition) is 2. The van der Waals surface area contributed by atoms with Gasteiger partial charge < -0.3 is 15.7 Å². The second-order valence-corrected chi connectivity index (χ2v) is 3.96. The Balaban J connectivity index is 2.93. The molecule has 15 heavy (non-hydrogen) atoms. The molecule has 0 saturated heterocycles. The Hall–Kier alpha value is -0.880. The maximum Gasteiger partial charge on any atom is 0.222 e. The van der Waals surface area contributed by atoms with Crippen LogP contribution in [0.15, 0.2) is 10.7 Å². The van der Waals surface area contributed by atoms with Crippen LogP contribution >= 0.6 is 15.9 Å². The SMILES string of the molecule is CCCN(CCO)c1nc(N)ncc1Br. The van der Waals surface area contributed by atoms with E-state index in [0.717, 1.165) is 23.3 Å². The van der Waals surface area contributed by atoms with Gasteiger partial charge >= 0.3 is 0 Å². The molecule has 1 rings (SSSR count). The van der Waals surface area contributed by atoms with Crippen molar-refractivity contribution in [1.82, 2.24) is 9.97 Å². The topological polar surface area (TPSA) is 75.3 Å². The fraction of sp³-hybridized carbons (Fsp3) is 0.556. The maximum atomic E-state index is 8.95. The molecule has 0 aromatic carbocycles. The minimum Gasteiger partial charge on any atom is -0.395 e.